The quantitative estimate of drug-likeness (QED) is 0.351. The van der Waals surface area contributed by atoms with Crippen molar-refractivity contribution in [2.24, 2.45) is 0 Å². The molecule has 26 heavy (non-hydrogen) atoms. The number of hydrogen-bond acceptors (Lipinski definition) is 0. The summed E-state index contributed by atoms with van der Waals surface area (Å²) in [4.78, 5) is 0. The molecule has 1 aliphatic carbocycles. The van der Waals surface area contributed by atoms with E-state index in [9.17, 15) is 52.7 Å². The molecule has 0 radical (unpaired) electrons. The van der Waals surface area contributed by atoms with Crippen LogP contribution in [0.15, 0.2) is 0 Å². The summed E-state index contributed by atoms with van der Waals surface area (Å²) in [5.74, 6) is -31.4. The predicted octanol–water partition coefficient (Wildman–Crippen LogP) is 5.26. The average molecular weight is 396 g/mol. The van der Waals surface area contributed by atoms with Gasteiger partial charge in [-0.3, -0.25) is 0 Å². The molecule has 12 heteroatoms. The van der Waals surface area contributed by atoms with Gasteiger partial charge in [0, 0.05) is 0 Å². The molecule has 0 nitrogen and oxygen atoms in total. The second-order valence-corrected chi connectivity index (χ2v) is 5.18. The molecule has 0 fully saturated rings. The minimum absolute atomic E-state index is 2.41. The molecule has 1 unspecified atom stereocenters. The summed E-state index contributed by atoms with van der Waals surface area (Å²) in [6, 6.07) is 0. The van der Waals surface area contributed by atoms with Gasteiger partial charge < -0.3 is 0 Å². The molecule has 0 bridgehead atoms. The van der Waals surface area contributed by atoms with E-state index in [1.54, 1.807) is 0 Å². The van der Waals surface area contributed by atoms with E-state index in [0.29, 0.717) is 0 Å². The van der Waals surface area contributed by atoms with Crippen molar-refractivity contribution >= 4 is 0 Å². The predicted molar refractivity (Wildman–Crippen MR) is 58.3 cm³/mol. The Balaban J connectivity index is 2.50. The molecule has 0 saturated carbocycles. The summed E-state index contributed by atoms with van der Waals surface area (Å²) >= 11 is 0. The first-order valence-electron chi connectivity index (χ1n) is 6.27. The molecule has 0 heterocycles. The second kappa shape index (κ2) is 5.07. The topological polar surface area (TPSA) is 0 Å². The lowest BCUT2D eigenvalue weighted by atomic mass is 9.66. The molecule has 1 atom stereocenters. The van der Waals surface area contributed by atoms with Crippen molar-refractivity contribution < 1.29 is 52.7 Å². The van der Waals surface area contributed by atoms with Crippen LogP contribution in [0.25, 0.3) is 0 Å². The van der Waals surface area contributed by atoms with Gasteiger partial charge in [0.15, 0.2) is 46.5 Å². The first-order valence-corrected chi connectivity index (χ1v) is 6.27. The molecule has 0 aromatic heterocycles. The smallest absolute Gasteiger partial charge is 0.226 e. The number of rotatable bonds is 1. The molecule has 2 aromatic rings. The number of benzene rings is 2. The van der Waals surface area contributed by atoms with E-state index >= 15 is 0 Å². The Hall–Kier alpha value is -2.40. The van der Waals surface area contributed by atoms with Crippen LogP contribution in [-0.2, 0) is 11.6 Å². The van der Waals surface area contributed by atoms with E-state index in [2.05, 4.69) is 0 Å². The highest BCUT2D eigenvalue weighted by Crippen LogP contribution is 2.65. The minimum atomic E-state index is -5.49. The van der Waals surface area contributed by atoms with E-state index in [4.69, 9.17) is 0 Å². The third-order valence-electron chi connectivity index (χ3n) is 3.91. The maximum atomic E-state index is 14.8. The van der Waals surface area contributed by atoms with Crippen molar-refractivity contribution in [2.75, 3.05) is 0 Å². The summed E-state index contributed by atoms with van der Waals surface area (Å²) in [5.41, 5.74) is -12.9. The summed E-state index contributed by atoms with van der Waals surface area (Å²) < 4.78 is 163. The van der Waals surface area contributed by atoms with Gasteiger partial charge in [-0.1, -0.05) is 0 Å². The molecule has 0 amide bonds. The monoisotopic (exact) mass is 396 g/mol. The van der Waals surface area contributed by atoms with Crippen molar-refractivity contribution in [3.63, 3.8) is 0 Å². The summed E-state index contributed by atoms with van der Waals surface area (Å²) in [5, 5.41) is 0. The molecule has 0 saturated heterocycles. The highest BCUT2D eigenvalue weighted by Gasteiger charge is 2.74. The Morgan fingerprint density at radius 1 is 0.346 bits per heavy atom. The van der Waals surface area contributed by atoms with Crippen LogP contribution >= 0.6 is 0 Å². The fourth-order valence-corrected chi connectivity index (χ4v) is 2.71. The third-order valence-corrected chi connectivity index (χ3v) is 3.91. The molecule has 0 aliphatic heterocycles. The van der Waals surface area contributed by atoms with Crippen LogP contribution in [0.1, 0.15) is 16.7 Å². The molecule has 0 N–H and O–H groups in total. The lowest BCUT2D eigenvalue weighted by Crippen LogP contribution is -2.54. The maximum absolute atomic E-state index is 14.8. The molecule has 3 rings (SSSR count). The Labute approximate surface area is 134 Å². The molecule has 2 aromatic carbocycles. The third kappa shape index (κ3) is 1.74. The number of fused-ring (bicyclic) bond motifs is 1. The van der Waals surface area contributed by atoms with Gasteiger partial charge in [-0.2, -0.15) is 8.78 Å². The Morgan fingerprint density at radius 2 is 0.615 bits per heavy atom. The van der Waals surface area contributed by atoms with E-state index in [1.807, 2.05) is 0 Å². The summed E-state index contributed by atoms with van der Waals surface area (Å²) in [7, 11) is 0. The van der Waals surface area contributed by atoms with Crippen molar-refractivity contribution in [3.8, 4) is 0 Å². The lowest BCUT2D eigenvalue weighted by Gasteiger charge is -2.45. The summed E-state index contributed by atoms with van der Waals surface area (Å²) in [6.45, 7) is 0. The Bertz CT molecular complexity index is 950. The van der Waals surface area contributed by atoms with Crippen LogP contribution in [0, 0.1) is 52.4 Å². The van der Waals surface area contributed by atoms with Crippen LogP contribution in [0.4, 0.5) is 52.7 Å². The van der Waals surface area contributed by atoms with Crippen molar-refractivity contribution in [1.29, 1.82) is 0 Å². The van der Waals surface area contributed by atoms with Gasteiger partial charge in [0.25, 0.3) is 0 Å². The lowest BCUT2D eigenvalue weighted by molar-refractivity contribution is -0.170. The highest BCUT2D eigenvalue weighted by molar-refractivity contribution is 5.58. The maximum Gasteiger partial charge on any atom is 0.318 e. The molecule has 140 valence electrons. The fourth-order valence-electron chi connectivity index (χ4n) is 2.71. The van der Waals surface area contributed by atoms with Crippen molar-refractivity contribution in [1.82, 2.24) is 0 Å². The largest absolute Gasteiger partial charge is 0.318 e. The van der Waals surface area contributed by atoms with Gasteiger partial charge in [0.2, 0.25) is 11.5 Å². The Kier molecular flexibility index (Phi) is 3.59. The van der Waals surface area contributed by atoms with E-state index in [-0.39, 0.29) is 0 Å². The molecular weight excluding hydrogens is 396 g/mol. The van der Waals surface area contributed by atoms with E-state index in [0.717, 1.165) is 0 Å². The van der Waals surface area contributed by atoms with Gasteiger partial charge >= 0.3 is 5.92 Å². The van der Waals surface area contributed by atoms with Gasteiger partial charge in [-0.15, -0.1) is 0 Å². The van der Waals surface area contributed by atoms with Gasteiger partial charge in [0.05, 0.1) is 16.7 Å². The van der Waals surface area contributed by atoms with Crippen molar-refractivity contribution in [3.05, 3.63) is 69.0 Å². The molecular formula is C14F12. The van der Waals surface area contributed by atoms with Gasteiger partial charge in [-0.25, -0.2) is 43.9 Å². The Morgan fingerprint density at radius 3 is 1.00 bits per heavy atom. The SMILES string of the molecule is Fc1c(F)c(F)c(C2(F)c3c(F)c(F)c(F)c(F)c3C2(F)F)c(F)c1F. The van der Waals surface area contributed by atoms with Crippen molar-refractivity contribution in [2.45, 2.75) is 11.6 Å². The minimum Gasteiger partial charge on any atom is -0.226 e. The number of alkyl halides is 3. The highest BCUT2D eigenvalue weighted by atomic mass is 19.3. The summed E-state index contributed by atoms with van der Waals surface area (Å²) in [6.07, 6.45) is 0. The van der Waals surface area contributed by atoms with E-state index < -0.39 is 80.6 Å². The fraction of sp³-hybridized carbons (Fsp3) is 0.143. The van der Waals surface area contributed by atoms with Crippen LogP contribution in [0.5, 0.6) is 0 Å². The standard InChI is InChI=1S/C14F12/c15-4-1-2(5(16)9(20)8(4)19)14(25,26)13(1,24)3-6(17)10(21)12(23)11(22)7(3)18. The number of hydrogen-bond donors (Lipinski definition) is 0. The second-order valence-electron chi connectivity index (χ2n) is 5.18. The van der Waals surface area contributed by atoms with Crippen LogP contribution in [-0.4, -0.2) is 0 Å². The van der Waals surface area contributed by atoms with Crippen LogP contribution in [0.3, 0.4) is 0 Å². The molecule has 1 aliphatic rings. The van der Waals surface area contributed by atoms with E-state index in [1.165, 1.54) is 0 Å². The zero-order chi connectivity index (χ0) is 19.9. The normalized spacial score (nSPS) is 20.8. The zero-order valence-corrected chi connectivity index (χ0v) is 11.5. The molecule has 0 spiro atoms. The van der Waals surface area contributed by atoms with Crippen LogP contribution in [0.2, 0.25) is 0 Å². The van der Waals surface area contributed by atoms with Gasteiger partial charge in [0.1, 0.15) is 0 Å². The first-order chi connectivity index (χ1) is 11.8. The van der Waals surface area contributed by atoms with Gasteiger partial charge in [-0.05, 0) is 0 Å². The average Bonchev–Trinajstić information content (AvgIpc) is 2.58. The van der Waals surface area contributed by atoms with Crippen LogP contribution < -0.4 is 0 Å². The number of halogens is 12. The zero-order valence-electron chi connectivity index (χ0n) is 11.5. The first kappa shape index (κ1) is 18.4.